The van der Waals surface area contributed by atoms with E-state index < -0.39 is 0 Å². The molecule has 78 heavy (non-hydrogen) atoms. The summed E-state index contributed by atoms with van der Waals surface area (Å²) in [5.41, 5.74) is 10.9. The minimum atomic E-state index is 0.270. The van der Waals surface area contributed by atoms with Crippen LogP contribution >= 0.6 is 0 Å². The number of nitriles is 2. The number of benzene rings is 13. The second-order valence-corrected chi connectivity index (χ2v) is 20.6. The summed E-state index contributed by atoms with van der Waals surface area (Å²) in [5.74, 6) is 0. The van der Waals surface area contributed by atoms with Crippen molar-refractivity contribution in [1.29, 1.82) is 10.5 Å². The van der Waals surface area contributed by atoms with Gasteiger partial charge in [-0.1, -0.05) is 170 Å². The van der Waals surface area contributed by atoms with Gasteiger partial charge in [-0.3, -0.25) is 0 Å². The van der Waals surface area contributed by atoms with Crippen molar-refractivity contribution < 1.29 is 0 Å². The van der Waals surface area contributed by atoms with Crippen LogP contribution in [0.15, 0.2) is 243 Å². The first-order valence-electron chi connectivity index (χ1n) is 26.4. The highest BCUT2D eigenvalue weighted by molar-refractivity contribution is 6.20. The van der Waals surface area contributed by atoms with Crippen molar-refractivity contribution in [2.75, 3.05) is 0 Å². The highest BCUT2D eigenvalue weighted by Gasteiger charge is 2.35. The summed E-state index contributed by atoms with van der Waals surface area (Å²) < 4.78 is 9.42. The molecule has 0 fully saturated rings. The van der Waals surface area contributed by atoms with Crippen LogP contribution in [0.2, 0.25) is 0 Å². The average Bonchev–Trinajstić information content (AvgIpc) is 4.23. The van der Waals surface area contributed by atoms with Gasteiger partial charge >= 0.3 is 0 Å². The van der Waals surface area contributed by atoms with E-state index in [0.29, 0.717) is 11.4 Å². The van der Waals surface area contributed by atoms with Gasteiger partial charge in [0.2, 0.25) is 0 Å². The molecule has 4 aromatic heterocycles. The third-order valence-electron chi connectivity index (χ3n) is 16.7. The van der Waals surface area contributed by atoms with Gasteiger partial charge in [-0.25, -0.2) is 0 Å². The van der Waals surface area contributed by atoms with Crippen LogP contribution in [0.25, 0.3) is 153 Å². The maximum absolute atomic E-state index is 12.5. The van der Waals surface area contributed by atoms with E-state index in [1.165, 1.54) is 0 Å². The number of nitrogens with zero attached hydrogens (tertiary/aromatic N) is 6. The summed E-state index contributed by atoms with van der Waals surface area (Å²) in [6.45, 7) is 0. The van der Waals surface area contributed by atoms with Crippen molar-refractivity contribution in [2.24, 2.45) is 0 Å². The number of fused-ring (bicyclic) bond motifs is 16. The fourth-order valence-electron chi connectivity index (χ4n) is 13.4. The molecule has 0 amide bonds. The standard InChI is InChI=1S/C72H40N6/c73-41-59-60(42-74)70(76-62-30-14-10-26-52(62)56-34-44-18-2-6-22-48(44)38-66(56)76)72(78-64-32-16-12-28-54(64)58-36-46-20-4-8-24-50(46)40-68(58)78)71(77-63-31-15-11-27-53(63)57-35-45-19-3-7-23-49(45)39-67(57)77)69(59)75-61-29-13-9-25-51(61)55-33-43-17-1-5-21-47(43)37-65(55)75/h1-40H. The first-order valence-corrected chi connectivity index (χ1v) is 26.4. The predicted molar refractivity (Wildman–Crippen MR) is 323 cm³/mol. The van der Waals surface area contributed by atoms with Gasteiger partial charge in [0.1, 0.15) is 12.1 Å². The lowest BCUT2D eigenvalue weighted by atomic mass is 9.98. The molecule has 17 aromatic rings. The molecular weight excluding hydrogens is 949 g/mol. The maximum atomic E-state index is 12.5. The zero-order chi connectivity index (χ0) is 51.3. The van der Waals surface area contributed by atoms with Gasteiger partial charge in [-0.05, 0) is 116 Å². The van der Waals surface area contributed by atoms with Gasteiger partial charge in [0.15, 0.2) is 0 Å². The van der Waals surface area contributed by atoms with Crippen LogP contribution in [0.3, 0.4) is 0 Å². The lowest BCUT2D eigenvalue weighted by molar-refractivity contribution is 1.01. The van der Waals surface area contributed by atoms with Crippen molar-refractivity contribution in [3.63, 3.8) is 0 Å². The number of rotatable bonds is 4. The van der Waals surface area contributed by atoms with E-state index in [9.17, 15) is 10.5 Å². The van der Waals surface area contributed by atoms with Gasteiger partial charge in [0.25, 0.3) is 0 Å². The fraction of sp³-hybridized carbons (Fsp3) is 0. The largest absolute Gasteiger partial charge is 0.306 e. The molecule has 0 saturated heterocycles. The van der Waals surface area contributed by atoms with E-state index in [4.69, 9.17) is 0 Å². The number of hydrogen-bond donors (Lipinski definition) is 0. The van der Waals surface area contributed by atoms with Crippen LogP contribution in [0.5, 0.6) is 0 Å². The molecule has 13 aromatic carbocycles. The molecule has 0 N–H and O–H groups in total. The Balaban J connectivity index is 1.22. The molecule has 6 nitrogen and oxygen atoms in total. The summed E-state index contributed by atoms with van der Waals surface area (Å²) in [4.78, 5) is 0. The quantitative estimate of drug-likeness (QED) is 0.176. The molecule has 0 unspecified atom stereocenters. The van der Waals surface area contributed by atoms with E-state index in [1.807, 2.05) is 0 Å². The molecule has 0 aliphatic carbocycles. The van der Waals surface area contributed by atoms with Crippen molar-refractivity contribution in [3.05, 3.63) is 254 Å². The van der Waals surface area contributed by atoms with Crippen LogP contribution < -0.4 is 0 Å². The molecule has 0 atom stereocenters. The van der Waals surface area contributed by atoms with Crippen LogP contribution in [-0.2, 0) is 0 Å². The van der Waals surface area contributed by atoms with Crippen LogP contribution in [0.4, 0.5) is 0 Å². The molecule has 358 valence electrons. The molecule has 17 rings (SSSR count). The topological polar surface area (TPSA) is 67.3 Å². The average molecular weight is 989 g/mol. The highest BCUT2D eigenvalue weighted by atomic mass is 15.1. The lowest BCUT2D eigenvalue weighted by Crippen LogP contribution is -2.17. The molecule has 0 aliphatic heterocycles. The Morgan fingerprint density at radius 3 is 0.654 bits per heavy atom. The third-order valence-corrected chi connectivity index (χ3v) is 16.7. The van der Waals surface area contributed by atoms with Gasteiger partial charge in [0.05, 0.1) is 78.0 Å². The number of para-hydroxylation sites is 4. The molecule has 4 heterocycles. The summed E-state index contributed by atoms with van der Waals surface area (Å²) in [6, 6.07) is 92.4. The van der Waals surface area contributed by atoms with Gasteiger partial charge < -0.3 is 18.3 Å². The van der Waals surface area contributed by atoms with Crippen molar-refractivity contribution in [1.82, 2.24) is 18.3 Å². The molecule has 0 spiro atoms. The van der Waals surface area contributed by atoms with Crippen LogP contribution in [0, 0.1) is 22.7 Å². The summed E-state index contributed by atoms with van der Waals surface area (Å²) in [5, 5.41) is 42.3. The lowest BCUT2D eigenvalue weighted by Gasteiger charge is -2.28. The first-order chi connectivity index (χ1) is 38.6. The second-order valence-electron chi connectivity index (χ2n) is 20.6. The Labute approximate surface area is 445 Å². The summed E-state index contributed by atoms with van der Waals surface area (Å²) in [7, 11) is 0. The Bertz CT molecular complexity index is 5260. The SMILES string of the molecule is N#Cc1c(C#N)c(-n2c3ccccc3c3cc4ccccc4cc32)c(-n2c3ccccc3c3cc4ccccc4cc32)c(-n2c3ccccc3c3cc4ccccc4cc32)c1-n1c2ccccc2c2cc3ccccc3cc21. The maximum Gasteiger partial charge on any atom is 0.103 e. The number of aromatic nitrogens is 4. The van der Waals surface area contributed by atoms with E-state index in [0.717, 1.165) is 142 Å². The second kappa shape index (κ2) is 15.8. The van der Waals surface area contributed by atoms with Crippen molar-refractivity contribution >= 4 is 130 Å². The minimum absolute atomic E-state index is 0.270. The summed E-state index contributed by atoms with van der Waals surface area (Å²) >= 11 is 0. The molecule has 0 bridgehead atoms. The van der Waals surface area contributed by atoms with Crippen LogP contribution in [0.1, 0.15) is 11.1 Å². The van der Waals surface area contributed by atoms with E-state index in [-0.39, 0.29) is 11.1 Å². The zero-order valence-electron chi connectivity index (χ0n) is 41.8. The summed E-state index contributed by atoms with van der Waals surface area (Å²) in [6.07, 6.45) is 0. The molecule has 0 saturated carbocycles. The van der Waals surface area contributed by atoms with E-state index in [1.54, 1.807) is 0 Å². The monoisotopic (exact) mass is 988 g/mol. The van der Waals surface area contributed by atoms with Gasteiger partial charge in [0, 0.05) is 43.1 Å². The zero-order valence-corrected chi connectivity index (χ0v) is 41.8. The highest BCUT2D eigenvalue weighted by Crippen LogP contribution is 2.50. The minimum Gasteiger partial charge on any atom is -0.306 e. The van der Waals surface area contributed by atoms with E-state index in [2.05, 4.69) is 273 Å². The first kappa shape index (κ1) is 42.4. The normalized spacial score (nSPS) is 12.1. The third kappa shape index (κ3) is 5.67. The predicted octanol–water partition coefficient (Wildman–Crippen LogP) is 18.4. The van der Waals surface area contributed by atoms with Gasteiger partial charge in [-0.15, -0.1) is 0 Å². The molecule has 0 aliphatic rings. The van der Waals surface area contributed by atoms with Crippen molar-refractivity contribution in [3.8, 4) is 34.9 Å². The molecular formula is C72H40N6. The molecule has 6 heteroatoms. The van der Waals surface area contributed by atoms with Crippen LogP contribution in [-0.4, -0.2) is 18.3 Å². The van der Waals surface area contributed by atoms with Crippen molar-refractivity contribution in [2.45, 2.75) is 0 Å². The Hall–Kier alpha value is -10.9. The van der Waals surface area contributed by atoms with Gasteiger partial charge in [-0.2, -0.15) is 10.5 Å². The van der Waals surface area contributed by atoms with E-state index >= 15 is 0 Å². The smallest absolute Gasteiger partial charge is 0.103 e. The fourth-order valence-corrected chi connectivity index (χ4v) is 13.4. The Kier molecular flexibility index (Phi) is 8.60. The number of hydrogen-bond acceptors (Lipinski definition) is 2. The Morgan fingerprint density at radius 1 is 0.205 bits per heavy atom. The Morgan fingerprint density at radius 2 is 0.410 bits per heavy atom. The molecule has 0 radical (unpaired) electrons.